The summed E-state index contributed by atoms with van der Waals surface area (Å²) in [6, 6.07) is 0. The summed E-state index contributed by atoms with van der Waals surface area (Å²) in [5, 5.41) is 6.77. The Balaban J connectivity index is 2.12. The number of guanidine groups is 1. The lowest BCUT2D eigenvalue weighted by Gasteiger charge is -2.28. The molecule has 0 bridgehead atoms. The van der Waals surface area contributed by atoms with Crippen LogP contribution in [0, 0.1) is 11.8 Å². The van der Waals surface area contributed by atoms with Gasteiger partial charge in [0.1, 0.15) is 0 Å². The molecule has 4 heteroatoms. The van der Waals surface area contributed by atoms with Crippen LogP contribution in [0.4, 0.5) is 0 Å². The highest BCUT2D eigenvalue weighted by Gasteiger charge is 2.19. The minimum atomic E-state index is 0.797. The number of hydrogen-bond acceptors (Lipinski definition) is 2. The van der Waals surface area contributed by atoms with E-state index in [1.165, 1.54) is 32.1 Å². The Hall–Kier alpha value is -0.770. The fourth-order valence-electron chi connectivity index (χ4n) is 2.73. The molecule has 0 aromatic heterocycles. The first-order chi connectivity index (χ1) is 9.30. The molecule has 0 spiro atoms. The summed E-state index contributed by atoms with van der Waals surface area (Å²) in [5.74, 6) is 2.72. The number of aliphatic imine (C=N–C) groups is 1. The monoisotopic (exact) mass is 269 g/mol. The number of rotatable bonds is 7. The number of methoxy groups -OCH3 is 1. The van der Waals surface area contributed by atoms with Crippen molar-refractivity contribution in [3.8, 4) is 0 Å². The Morgan fingerprint density at radius 1 is 1.16 bits per heavy atom. The van der Waals surface area contributed by atoms with E-state index in [0.29, 0.717) is 0 Å². The van der Waals surface area contributed by atoms with Gasteiger partial charge in [-0.3, -0.25) is 4.99 Å². The molecule has 0 unspecified atom stereocenters. The Morgan fingerprint density at radius 3 is 2.42 bits per heavy atom. The van der Waals surface area contributed by atoms with Gasteiger partial charge in [-0.2, -0.15) is 0 Å². The average Bonchev–Trinajstić information content (AvgIpc) is 2.47. The fraction of sp³-hybridized carbons (Fsp3) is 0.933. The minimum absolute atomic E-state index is 0.797. The molecule has 2 N–H and O–H groups in total. The van der Waals surface area contributed by atoms with Crippen molar-refractivity contribution in [2.24, 2.45) is 16.8 Å². The van der Waals surface area contributed by atoms with Crippen LogP contribution in [-0.4, -0.2) is 39.8 Å². The summed E-state index contributed by atoms with van der Waals surface area (Å²) in [7, 11) is 3.57. The van der Waals surface area contributed by atoms with E-state index in [-0.39, 0.29) is 0 Å². The highest BCUT2D eigenvalue weighted by Crippen LogP contribution is 2.29. The van der Waals surface area contributed by atoms with Crippen LogP contribution < -0.4 is 10.6 Å². The smallest absolute Gasteiger partial charge is 0.190 e. The highest BCUT2D eigenvalue weighted by atomic mass is 16.5. The van der Waals surface area contributed by atoms with Crippen molar-refractivity contribution >= 4 is 5.96 Å². The van der Waals surface area contributed by atoms with Crippen molar-refractivity contribution in [1.29, 1.82) is 0 Å². The second-order valence-electron chi connectivity index (χ2n) is 5.52. The SMILES string of the molecule is CCC1CCC(CNC(=NC)NCCCOC)CC1. The van der Waals surface area contributed by atoms with Crippen LogP contribution in [0.25, 0.3) is 0 Å². The topological polar surface area (TPSA) is 45.7 Å². The van der Waals surface area contributed by atoms with Gasteiger partial charge in [-0.25, -0.2) is 0 Å². The molecule has 0 aromatic rings. The molecule has 1 rings (SSSR count). The summed E-state index contributed by atoms with van der Waals surface area (Å²) in [5.41, 5.74) is 0. The van der Waals surface area contributed by atoms with Gasteiger partial charge < -0.3 is 15.4 Å². The predicted molar refractivity (Wildman–Crippen MR) is 81.6 cm³/mol. The van der Waals surface area contributed by atoms with Gasteiger partial charge in [0.15, 0.2) is 5.96 Å². The Labute approximate surface area is 118 Å². The van der Waals surface area contributed by atoms with Crippen molar-refractivity contribution < 1.29 is 4.74 Å². The second kappa shape index (κ2) is 10.1. The standard InChI is InChI=1S/C15H31N3O/c1-4-13-6-8-14(9-7-13)12-18-15(16-2)17-10-5-11-19-3/h13-14H,4-12H2,1-3H3,(H2,16,17,18). The normalized spacial score (nSPS) is 24.3. The zero-order valence-corrected chi connectivity index (χ0v) is 12.9. The molecule has 0 amide bonds. The Bertz CT molecular complexity index is 248. The molecule has 1 aliphatic carbocycles. The van der Waals surface area contributed by atoms with E-state index in [4.69, 9.17) is 4.74 Å². The third kappa shape index (κ3) is 6.81. The van der Waals surface area contributed by atoms with Gasteiger partial charge in [-0.15, -0.1) is 0 Å². The van der Waals surface area contributed by atoms with Crippen LogP contribution in [0.15, 0.2) is 4.99 Å². The van der Waals surface area contributed by atoms with Gasteiger partial charge in [0.05, 0.1) is 0 Å². The van der Waals surface area contributed by atoms with Gasteiger partial charge in [0, 0.05) is 33.9 Å². The maximum Gasteiger partial charge on any atom is 0.190 e. The first kappa shape index (κ1) is 16.3. The third-order valence-electron chi connectivity index (χ3n) is 4.14. The summed E-state index contributed by atoms with van der Waals surface area (Å²) in [6.45, 7) is 5.08. The van der Waals surface area contributed by atoms with Crippen LogP contribution in [-0.2, 0) is 4.74 Å². The predicted octanol–water partition coefficient (Wildman–Crippen LogP) is 2.40. The molecule has 0 radical (unpaired) electrons. The Morgan fingerprint density at radius 2 is 1.84 bits per heavy atom. The Kier molecular flexibility index (Phi) is 8.63. The number of hydrogen-bond donors (Lipinski definition) is 2. The summed E-state index contributed by atoms with van der Waals surface area (Å²) < 4.78 is 5.03. The molecule has 112 valence electrons. The van der Waals surface area contributed by atoms with Crippen LogP contribution in [0.3, 0.4) is 0 Å². The van der Waals surface area contributed by atoms with Crippen LogP contribution in [0.2, 0.25) is 0 Å². The molecule has 1 fully saturated rings. The maximum absolute atomic E-state index is 5.03. The molecular weight excluding hydrogens is 238 g/mol. The first-order valence-corrected chi connectivity index (χ1v) is 7.73. The van der Waals surface area contributed by atoms with Crippen LogP contribution >= 0.6 is 0 Å². The van der Waals surface area contributed by atoms with Crippen LogP contribution in [0.1, 0.15) is 45.4 Å². The van der Waals surface area contributed by atoms with E-state index in [9.17, 15) is 0 Å². The van der Waals surface area contributed by atoms with Crippen LogP contribution in [0.5, 0.6) is 0 Å². The molecule has 0 aliphatic heterocycles. The largest absolute Gasteiger partial charge is 0.385 e. The van der Waals surface area contributed by atoms with E-state index in [1.807, 2.05) is 7.05 Å². The quantitative estimate of drug-likeness (QED) is 0.424. The van der Waals surface area contributed by atoms with Crippen molar-refractivity contribution in [3.63, 3.8) is 0 Å². The van der Waals surface area contributed by atoms with Crippen molar-refractivity contribution in [2.75, 3.05) is 33.9 Å². The molecule has 0 aromatic carbocycles. The van der Waals surface area contributed by atoms with E-state index in [1.54, 1.807) is 7.11 Å². The summed E-state index contributed by atoms with van der Waals surface area (Å²) in [6.07, 6.45) is 7.91. The molecule has 19 heavy (non-hydrogen) atoms. The zero-order valence-electron chi connectivity index (χ0n) is 12.9. The molecular formula is C15H31N3O. The number of nitrogens with one attached hydrogen (secondary N) is 2. The molecule has 0 heterocycles. The second-order valence-corrected chi connectivity index (χ2v) is 5.52. The summed E-state index contributed by atoms with van der Waals surface area (Å²) >= 11 is 0. The molecule has 4 nitrogen and oxygen atoms in total. The molecule has 0 atom stereocenters. The van der Waals surface area contributed by atoms with E-state index in [0.717, 1.165) is 43.9 Å². The van der Waals surface area contributed by atoms with E-state index < -0.39 is 0 Å². The van der Waals surface area contributed by atoms with E-state index in [2.05, 4.69) is 22.5 Å². The molecule has 0 saturated heterocycles. The van der Waals surface area contributed by atoms with Gasteiger partial charge in [0.2, 0.25) is 0 Å². The number of ether oxygens (including phenoxy) is 1. The van der Waals surface area contributed by atoms with Crippen molar-refractivity contribution in [1.82, 2.24) is 10.6 Å². The minimum Gasteiger partial charge on any atom is -0.385 e. The highest BCUT2D eigenvalue weighted by molar-refractivity contribution is 5.79. The van der Waals surface area contributed by atoms with Crippen molar-refractivity contribution in [2.45, 2.75) is 45.4 Å². The molecule has 1 saturated carbocycles. The van der Waals surface area contributed by atoms with Gasteiger partial charge in [-0.05, 0) is 31.1 Å². The fourth-order valence-corrected chi connectivity index (χ4v) is 2.73. The summed E-state index contributed by atoms with van der Waals surface area (Å²) in [4.78, 5) is 4.25. The van der Waals surface area contributed by atoms with Crippen molar-refractivity contribution in [3.05, 3.63) is 0 Å². The lowest BCUT2D eigenvalue weighted by molar-refractivity contribution is 0.195. The lowest BCUT2D eigenvalue weighted by Crippen LogP contribution is -2.40. The van der Waals surface area contributed by atoms with Gasteiger partial charge >= 0.3 is 0 Å². The lowest BCUT2D eigenvalue weighted by atomic mass is 9.81. The number of nitrogens with zero attached hydrogens (tertiary/aromatic N) is 1. The van der Waals surface area contributed by atoms with Gasteiger partial charge in [-0.1, -0.05) is 26.2 Å². The third-order valence-corrected chi connectivity index (χ3v) is 4.14. The first-order valence-electron chi connectivity index (χ1n) is 7.73. The maximum atomic E-state index is 5.03. The molecule has 1 aliphatic rings. The van der Waals surface area contributed by atoms with E-state index >= 15 is 0 Å². The average molecular weight is 269 g/mol. The zero-order chi connectivity index (χ0) is 13.9. The van der Waals surface area contributed by atoms with Gasteiger partial charge in [0.25, 0.3) is 0 Å².